The summed E-state index contributed by atoms with van der Waals surface area (Å²) >= 11 is 3.22. The second-order valence-electron chi connectivity index (χ2n) is 4.91. The van der Waals surface area contributed by atoms with Gasteiger partial charge in [-0.15, -0.1) is 0 Å². The van der Waals surface area contributed by atoms with Crippen molar-refractivity contribution in [3.05, 3.63) is 76.5 Å². The molecule has 0 fully saturated rings. The molecule has 3 rings (SSSR count). The molecular formula is C17H14BrNO3. The van der Waals surface area contributed by atoms with Gasteiger partial charge in [0.15, 0.2) is 10.4 Å². The Morgan fingerprint density at radius 2 is 1.91 bits per heavy atom. The predicted octanol–water partition coefficient (Wildman–Crippen LogP) is 4.79. The van der Waals surface area contributed by atoms with Crippen molar-refractivity contribution >= 4 is 27.5 Å². The number of rotatable bonds is 4. The summed E-state index contributed by atoms with van der Waals surface area (Å²) in [5.74, 6) is 0.768. The first kappa shape index (κ1) is 14.7. The highest BCUT2D eigenvalue weighted by atomic mass is 79.9. The first-order chi connectivity index (χ1) is 10.6. The van der Waals surface area contributed by atoms with Crippen LogP contribution in [-0.2, 0) is 6.54 Å². The summed E-state index contributed by atoms with van der Waals surface area (Å²) in [6.45, 7) is 2.35. The van der Waals surface area contributed by atoms with Crippen LogP contribution in [0.25, 0.3) is 0 Å². The van der Waals surface area contributed by atoms with Crippen LogP contribution in [0.5, 0.6) is 0 Å². The van der Waals surface area contributed by atoms with Gasteiger partial charge in [0.05, 0.1) is 12.8 Å². The fraction of sp³-hybridized carbons (Fsp3) is 0.118. The minimum absolute atomic E-state index is 0.217. The number of carbonyl (C=O) groups is 1. The molecular weight excluding hydrogens is 346 g/mol. The van der Waals surface area contributed by atoms with Gasteiger partial charge in [0, 0.05) is 5.69 Å². The lowest BCUT2D eigenvalue weighted by Gasteiger charge is -2.21. The van der Waals surface area contributed by atoms with Crippen LogP contribution < -0.4 is 4.90 Å². The van der Waals surface area contributed by atoms with Crippen molar-refractivity contribution in [1.29, 1.82) is 0 Å². The molecule has 22 heavy (non-hydrogen) atoms. The molecule has 0 atom stereocenters. The zero-order valence-electron chi connectivity index (χ0n) is 12.0. The third-order valence-corrected chi connectivity index (χ3v) is 3.70. The molecule has 4 nitrogen and oxygen atoms in total. The second kappa shape index (κ2) is 6.23. The lowest BCUT2D eigenvalue weighted by Crippen LogP contribution is -2.29. The van der Waals surface area contributed by atoms with E-state index in [2.05, 4.69) is 15.9 Å². The van der Waals surface area contributed by atoms with Crippen molar-refractivity contribution in [2.24, 2.45) is 0 Å². The third kappa shape index (κ3) is 3.14. The van der Waals surface area contributed by atoms with Crippen LogP contribution in [0.15, 0.2) is 68.3 Å². The lowest BCUT2D eigenvalue weighted by molar-refractivity contribution is 0.0955. The molecule has 1 amide bonds. The predicted molar refractivity (Wildman–Crippen MR) is 86.8 cm³/mol. The van der Waals surface area contributed by atoms with Crippen molar-refractivity contribution in [3.63, 3.8) is 0 Å². The largest absolute Gasteiger partial charge is 0.467 e. The van der Waals surface area contributed by atoms with E-state index in [0.717, 1.165) is 11.3 Å². The average molecular weight is 360 g/mol. The summed E-state index contributed by atoms with van der Waals surface area (Å²) in [5.41, 5.74) is 1.93. The van der Waals surface area contributed by atoms with Gasteiger partial charge in [-0.1, -0.05) is 17.7 Å². The van der Waals surface area contributed by atoms with E-state index in [4.69, 9.17) is 8.83 Å². The standard InChI is InChI=1S/C17H14BrNO3/c1-12-4-6-13(7-5-12)19(11-14-3-2-10-21-14)17(20)15-8-9-16(18)22-15/h2-10H,11H2,1H3. The topological polar surface area (TPSA) is 46.6 Å². The number of furan rings is 2. The highest BCUT2D eigenvalue weighted by Gasteiger charge is 2.22. The van der Waals surface area contributed by atoms with Crippen LogP contribution in [0.4, 0.5) is 5.69 Å². The average Bonchev–Trinajstić information content (AvgIpc) is 3.17. The number of hydrogen-bond acceptors (Lipinski definition) is 3. The second-order valence-corrected chi connectivity index (χ2v) is 5.69. The highest BCUT2D eigenvalue weighted by molar-refractivity contribution is 9.10. The van der Waals surface area contributed by atoms with Gasteiger partial charge in [0.2, 0.25) is 0 Å². The zero-order valence-corrected chi connectivity index (χ0v) is 13.5. The van der Waals surface area contributed by atoms with E-state index in [-0.39, 0.29) is 11.7 Å². The quantitative estimate of drug-likeness (QED) is 0.672. The Morgan fingerprint density at radius 1 is 1.14 bits per heavy atom. The number of hydrogen-bond donors (Lipinski definition) is 0. The van der Waals surface area contributed by atoms with Gasteiger partial charge in [0.25, 0.3) is 5.91 Å². The van der Waals surface area contributed by atoms with Crippen LogP contribution in [-0.4, -0.2) is 5.91 Å². The SMILES string of the molecule is Cc1ccc(N(Cc2ccco2)C(=O)c2ccc(Br)o2)cc1. The third-order valence-electron chi connectivity index (χ3n) is 3.27. The van der Waals surface area contributed by atoms with Crippen molar-refractivity contribution in [3.8, 4) is 0 Å². The number of benzene rings is 1. The number of amides is 1. The molecule has 0 aliphatic carbocycles. The van der Waals surface area contributed by atoms with E-state index in [1.807, 2.05) is 37.3 Å². The van der Waals surface area contributed by atoms with E-state index in [0.29, 0.717) is 17.0 Å². The van der Waals surface area contributed by atoms with Crippen molar-refractivity contribution in [2.75, 3.05) is 4.90 Å². The number of carbonyl (C=O) groups excluding carboxylic acids is 1. The maximum Gasteiger partial charge on any atom is 0.294 e. The molecule has 0 aliphatic heterocycles. The lowest BCUT2D eigenvalue weighted by atomic mass is 10.2. The fourth-order valence-corrected chi connectivity index (χ4v) is 2.43. The molecule has 0 spiro atoms. The first-order valence-corrected chi connectivity index (χ1v) is 7.59. The molecule has 112 valence electrons. The maximum atomic E-state index is 12.7. The van der Waals surface area contributed by atoms with Gasteiger partial charge >= 0.3 is 0 Å². The maximum absolute atomic E-state index is 12.7. The number of nitrogens with zero attached hydrogens (tertiary/aromatic N) is 1. The van der Waals surface area contributed by atoms with Gasteiger partial charge in [0.1, 0.15) is 5.76 Å². The molecule has 1 aromatic carbocycles. The molecule has 0 saturated carbocycles. The van der Waals surface area contributed by atoms with E-state index < -0.39 is 0 Å². The molecule has 0 N–H and O–H groups in total. The summed E-state index contributed by atoms with van der Waals surface area (Å²) in [7, 11) is 0. The van der Waals surface area contributed by atoms with Crippen LogP contribution in [0.1, 0.15) is 21.9 Å². The minimum atomic E-state index is -0.217. The molecule has 5 heteroatoms. The van der Waals surface area contributed by atoms with E-state index in [9.17, 15) is 4.79 Å². The van der Waals surface area contributed by atoms with E-state index in [1.54, 1.807) is 29.4 Å². The summed E-state index contributed by atoms with van der Waals surface area (Å²) < 4.78 is 11.3. The van der Waals surface area contributed by atoms with Crippen molar-refractivity contribution < 1.29 is 13.6 Å². The normalized spacial score (nSPS) is 10.6. The first-order valence-electron chi connectivity index (χ1n) is 6.80. The number of aryl methyl sites for hydroxylation is 1. The molecule has 0 unspecified atom stereocenters. The smallest absolute Gasteiger partial charge is 0.294 e. The molecule has 0 saturated heterocycles. The Morgan fingerprint density at radius 3 is 2.50 bits per heavy atom. The molecule has 0 radical (unpaired) electrons. The summed E-state index contributed by atoms with van der Waals surface area (Å²) in [4.78, 5) is 14.4. The molecule has 0 aliphatic rings. The Bertz CT molecular complexity index is 760. The van der Waals surface area contributed by atoms with Crippen molar-refractivity contribution in [2.45, 2.75) is 13.5 Å². The molecule has 2 heterocycles. The molecule has 2 aromatic heterocycles. The minimum Gasteiger partial charge on any atom is -0.467 e. The monoisotopic (exact) mass is 359 g/mol. The molecule has 3 aromatic rings. The van der Waals surface area contributed by atoms with E-state index in [1.165, 1.54) is 0 Å². The number of anilines is 1. The van der Waals surface area contributed by atoms with Gasteiger partial charge in [-0.05, 0) is 59.3 Å². The molecule has 0 bridgehead atoms. The Labute approximate surface area is 136 Å². The van der Waals surface area contributed by atoms with Crippen LogP contribution in [0.3, 0.4) is 0 Å². The van der Waals surface area contributed by atoms with Gasteiger partial charge in [-0.2, -0.15) is 0 Å². The van der Waals surface area contributed by atoms with Gasteiger partial charge in [-0.3, -0.25) is 9.69 Å². The van der Waals surface area contributed by atoms with Crippen LogP contribution >= 0.6 is 15.9 Å². The van der Waals surface area contributed by atoms with Crippen LogP contribution in [0, 0.1) is 6.92 Å². The fourth-order valence-electron chi connectivity index (χ4n) is 2.13. The summed E-state index contributed by atoms with van der Waals surface area (Å²) in [6.07, 6.45) is 1.59. The highest BCUT2D eigenvalue weighted by Crippen LogP contribution is 2.23. The summed E-state index contributed by atoms with van der Waals surface area (Å²) in [6, 6.07) is 14.8. The van der Waals surface area contributed by atoms with Crippen LogP contribution in [0.2, 0.25) is 0 Å². The van der Waals surface area contributed by atoms with Gasteiger partial charge in [-0.25, -0.2) is 0 Å². The Kier molecular flexibility index (Phi) is 4.15. The summed E-state index contributed by atoms with van der Waals surface area (Å²) in [5, 5.41) is 0. The van der Waals surface area contributed by atoms with E-state index >= 15 is 0 Å². The Hall–Kier alpha value is -2.27. The van der Waals surface area contributed by atoms with Crippen molar-refractivity contribution in [1.82, 2.24) is 0 Å². The zero-order chi connectivity index (χ0) is 15.5. The Balaban J connectivity index is 1.94. The van der Waals surface area contributed by atoms with Gasteiger partial charge < -0.3 is 8.83 Å². The number of halogens is 1.